The first-order valence-corrected chi connectivity index (χ1v) is 12.1. The van der Waals surface area contributed by atoms with Gasteiger partial charge in [0.15, 0.2) is 0 Å². The minimum atomic E-state index is -3.60. The summed E-state index contributed by atoms with van der Waals surface area (Å²) in [6.45, 7) is 6.27. The molecule has 0 unspecified atom stereocenters. The quantitative estimate of drug-likeness (QED) is 0.492. The van der Waals surface area contributed by atoms with Gasteiger partial charge in [-0.1, -0.05) is 68.4 Å². The van der Waals surface area contributed by atoms with Crippen LogP contribution in [-0.4, -0.2) is 38.3 Å². The Hall–Kier alpha value is -3.16. The number of hydrogen-bond acceptors (Lipinski definition) is 4. The number of carbonyl (C=O) groups is 1. The van der Waals surface area contributed by atoms with Crippen molar-refractivity contribution in [2.75, 3.05) is 30.3 Å². The van der Waals surface area contributed by atoms with Crippen molar-refractivity contribution in [2.24, 2.45) is 0 Å². The number of nitrogens with one attached hydrogen (secondary N) is 2. The molecule has 0 aliphatic heterocycles. The maximum atomic E-state index is 12.8. The number of carbonyl (C=O) groups excluding carboxylic acids is 1. The molecule has 0 aliphatic rings. The molecule has 0 atom stereocenters. The fraction of sp³-hybridized carbons (Fsp3) is 0.240. The summed E-state index contributed by atoms with van der Waals surface area (Å²) in [7, 11) is -3.60. The number of rotatable bonds is 9. The van der Waals surface area contributed by atoms with Crippen LogP contribution in [0.25, 0.3) is 11.1 Å². The van der Waals surface area contributed by atoms with Crippen LogP contribution >= 0.6 is 0 Å². The lowest BCUT2D eigenvalue weighted by molar-refractivity contribution is -0.114. The summed E-state index contributed by atoms with van der Waals surface area (Å²) < 4.78 is 27.0. The molecule has 3 aromatic carbocycles. The molecule has 2 N–H and O–H groups in total. The molecular formula is C25H29N3O3S. The molecule has 7 heteroatoms. The highest BCUT2D eigenvalue weighted by Crippen LogP contribution is 2.27. The molecule has 168 valence electrons. The molecule has 0 saturated carbocycles. The third-order valence-electron chi connectivity index (χ3n) is 5.28. The van der Waals surface area contributed by atoms with Gasteiger partial charge in [0.1, 0.15) is 0 Å². The first kappa shape index (κ1) is 23.5. The maximum absolute atomic E-state index is 12.8. The lowest BCUT2D eigenvalue weighted by Gasteiger charge is -2.19. The van der Waals surface area contributed by atoms with Crippen LogP contribution in [0, 0.1) is 6.92 Å². The number of para-hydroxylation sites is 1. The normalized spacial score (nSPS) is 11.4. The molecule has 0 saturated heterocycles. The minimum absolute atomic E-state index is 0.0519. The number of anilines is 2. The number of amides is 1. The average molecular weight is 452 g/mol. The predicted molar refractivity (Wildman–Crippen MR) is 130 cm³/mol. The van der Waals surface area contributed by atoms with Gasteiger partial charge in [-0.25, -0.2) is 8.42 Å². The lowest BCUT2D eigenvalue weighted by Crippen LogP contribution is -2.30. The Morgan fingerprint density at radius 3 is 2.22 bits per heavy atom. The van der Waals surface area contributed by atoms with E-state index in [1.165, 1.54) is 10.4 Å². The van der Waals surface area contributed by atoms with Crippen molar-refractivity contribution in [3.05, 3.63) is 78.4 Å². The summed E-state index contributed by atoms with van der Waals surface area (Å²) in [5.41, 5.74) is 4.19. The fourth-order valence-electron chi connectivity index (χ4n) is 3.49. The zero-order valence-corrected chi connectivity index (χ0v) is 19.4. The van der Waals surface area contributed by atoms with Crippen LogP contribution < -0.4 is 10.6 Å². The van der Waals surface area contributed by atoms with E-state index in [2.05, 4.69) is 10.6 Å². The number of nitrogens with zero attached hydrogens (tertiary/aromatic N) is 1. The van der Waals surface area contributed by atoms with Crippen LogP contribution in [0.1, 0.15) is 19.4 Å². The van der Waals surface area contributed by atoms with Crippen LogP contribution in [0.5, 0.6) is 0 Å². The van der Waals surface area contributed by atoms with Gasteiger partial charge < -0.3 is 10.6 Å². The first-order chi connectivity index (χ1) is 15.4. The fourth-order valence-corrected chi connectivity index (χ4v) is 4.97. The van der Waals surface area contributed by atoms with E-state index < -0.39 is 10.0 Å². The molecule has 0 heterocycles. The number of benzene rings is 3. The molecule has 0 spiro atoms. The largest absolute Gasteiger partial charge is 0.376 e. The van der Waals surface area contributed by atoms with Crippen molar-refractivity contribution in [1.82, 2.24) is 4.31 Å². The van der Waals surface area contributed by atoms with Crippen molar-refractivity contribution < 1.29 is 13.2 Å². The second-order valence-electron chi connectivity index (χ2n) is 7.38. The second-order valence-corrected chi connectivity index (χ2v) is 9.32. The predicted octanol–water partition coefficient (Wildman–Crippen LogP) is 4.74. The van der Waals surface area contributed by atoms with Crippen LogP contribution in [0.3, 0.4) is 0 Å². The van der Waals surface area contributed by atoms with Crippen molar-refractivity contribution in [3.8, 4) is 11.1 Å². The minimum Gasteiger partial charge on any atom is -0.376 e. The van der Waals surface area contributed by atoms with Gasteiger partial charge in [0.25, 0.3) is 0 Å². The maximum Gasteiger partial charge on any atom is 0.243 e. The topological polar surface area (TPSA) is 78.5 Å². The third-order valence-corrected chi connectivity index (χ3v) is 7.32. The van der Waals surface area contributed by atoms with E-state index in [9.17, 15) is 13.2 Å². The number of hydrogen-bond donors (Lipinski definition) is 2. The molecule has 0 fully saturated rings. The average Bonchev–Trinajstić information content (AvgIpc) is 2.80. The summed E-state index contributed by atoms with van der Waals surface area (Å²) in [6, 6.07) is 22.6. The SMILES string of the molecule is CCN(CC)S(=O)(=O)c1ccc(C)c(NC(=O)CNc2ccccc2-c2ccccc2)c1. The lowest BCUT2D eigenvalue weighted by atomic mass is 10.0. The van der Waals surface area contributed by atoms with E-state index in [1.54, 1.807) is 26.0 Å². The second kappa shape index (κ2) is 10.4. The van der Waals surface area contributed by atoms with Gasteiger partial charge in [-0.2, -0.15) is 4.31 Å². The summed E-state index contributed by atoms with van der Waals surface area (Å²) in [5, 5.41) is 6.04. The highest BCUT2D eigenvalue weighted by molar-refractivity contribution is 7.89. The summed E-state index contributed by atoms with van der Waals surface area (Å²) in [6.07, 6.45) is 0. The Balaban J connectivity index is 1.74. The number of sulfonamides is 1. The van der Waals surface area contributed by atoms with E-state index in [1.807, 2.05) is 61.5 Å². The van der Waals surface area contributed by atoms with Gasteiger partial charge in [0, 0.05) is 30.0 Å². The highest BCUT2D eigenvalue weighted by atomic mass is 32.2. The molecule has 3 aromatic rings. The smallest absolute Gasteiger partial charge is 0.243 e. The summed E-state index contributed by atoms with van der Waals surface area (Å²) in [5.74, 6) is -0.256. The Kier molecular flexibility index (Phi) is 7.66. The van der Waals surface area contributed by atoms with E-state index in [4.69, 9.17) is 0 Å². The summed E-state index contributed by atoms with van der Waals surface area (Å²) in [4.78, 5) is 12.8. The molecule has 0 aliphatic carbocycles. The monoisotopic (exact) mass is 451 g/mol. The molecule has 0 radical (unpaired) electrons. The Morgan fingerprint density at radius 1 is 0.875 bits per heavy atom. The van der Waals surface area contributed by atoms with Gasteiger partial charge in [-0.3, -0.25) is 4.79 Å². The Labute approximate surface area is 190 Å². The molecule has 1 amide bonds. The van der Waals surface area contributed by atoms with E-state index in [0.717, 1.165) is 22.4 Å². The Bertz CT molecular complexity index is 1170. The highest BCUT2D eigenvalue weighted by Gasteiger charge is 2.22. The van der Waals surface area contributed by atoms with Crippen LogP contribution in [0.2, 0.25) is 0 Å². The van der Waals surface area contributed by atoms with Crippen molar-refractivity contribution >= 4 is 27.3 Å². The van der Waals surface area contributed by atoms with Gasteiger partial charge in [-0.15, -0.1) is 0 Å². The van der Waals surface area contributed by atoms with Crippen LogP contribution in [-0.2, 0) is 14.8 Å². The zero-order valence-electron chi connectivity index (χ0n) is 18.6. The molecule has 6 nitrogen and oxygen atoms in total. The molecule has 0 bridgehead atoms. The molecular weight excluding hydrogens is 422 g/mol. The van der Waals surface area contributed by atoms with E-state index >= 15 is 0 Å². The van der Waals surface area contributed by atoms with Crippen molar-refractivity contribution in [2.45, 2.75) is 25.7 Å². The van der Waals surface area contributed by atoms with Gasteiger partial charge in [0.2, 0.25) is 15.9 Å². The molecule has 0 aromatic heterocycles. The Morgan fingerprint density at radius 2 is 1.53 bits per heavy atom. The van der Waals surface area contributed by atoms with Crippen LogP contribution in [0.15, 0.2) is 77.7 Å². The van der Waals surface area contributed by atoms with Crippen molar-refractivity contribution in [1.29, 1.82) is 0 Å². The summed E-state index contributed by atoms with van der Waals surface area (Å²) >= 11 is 0. The van der Waals surface area contributed by atoms with Gasteiger partial charge in [-0.05, 0) is 36.2 Å². The zero-order chi connectivity index (χ0) is 23.1. The molecule has 32 heavy (non-hydrogen) atoms. The van der Waals surface area contributed by atoms with Gasteiger partial charge >= 0.3 is 0 Å². The van der Waals surface area contributed by atoms with E-state index in [0.29, 0.717) is 18.8 Å². The first-order valence-electron chi connectivity index (χ1n) is 10.7. The third kappa shape index (κ3) is 5.36. The molecule has 3 rings (SSSR count). The number of aryl methyl sites for hydroxylation is 1. The van der Waals surface area contributed by atoms with Crippen LogP contribution in [0.4, 0.5) is 11.4 Å². The van der Waals surface area contributed by atoms with Gasteiger partial charge in [0.05, 0.1) is 11.4 Å². The standard InChI is InChI=1S/C25H29N3O3S/c1-4-28(5-2)32(30,31)21-16-15-19(3)24(17-21)27-25(29)18-26-23-14-10-9-13-22(23)20-11-7-6-8-12-20/h6-17,26H,4-5,18H2,1-3H3,(H,27,29). The van der Waals surface area contributed by atoms with E-state index in [-0.39, 0.29) is 17.3 Å². The van der Waals surface area contributed by atoms with Crippen molar-refractivity contribution in [3.63, 3.8) is 0 Å².